The molecule has 1 aliphatic rings. The lowest BCUT2D eigenvalue weighted by atomic mass is 9.98. The summed E-state index contributed by atoms with van der Waals surface area (Å²) in [6.45, 7) is 7.73. The van der Waals surface area contributed by atoms with Crippen LogP contribution in [0.5, 0.6) is 0 Å². The number of carbonyl (C=O) groups excluding carboxylic acids is 1. The van der Waals surface area contributed by atoms with Gasteiger partial charge in [0.05, 0.1) is 39.4 Å². The van der Waals surface area contributed by atoms with Crippen LogP contribution in [-0.2, 0) is 10.9 Å². The molecule has 1 aliphatic heterocycles. The van der Waals surface area contributed by atoms with Gasteiger partial charge in [0.2, 0.25) is 0 Å². The molecule has 0 spiro atoms. The second kappa shape index (κ2) is 9.74. The molecule has 0 bridgehead atoms. The van der Waals surface area contributed by atoms with Crippen LogP contribution < -0.4 is 10.9 Å². The van der Waals surface area contributed by atoms with Crippen LogP contribution in [0.4, 0.5) is 18.9 Å². The van der Waals surface area contributed by atoms with E-state index in [9.17, 15) is 22.8 Å². The number of carbonyl (C=O) groups is 1. The summed E-state index contributed by atoms with van der Waals surface area (Å²) in [6.07, 6.45) is -4.85. The molecule has 0 unspecified atom stereocenters. The molecule has 2 heterocycles. The van der Waals surface area contributed by atoms with Crippen molar-refractivity contribution < 1.29 is 22.7 Å². The Balaban J connectivity index is 1.63. The maximum absolute atomic E-state index is 13.9. The van der Waals surface area contributed by atoms with E-state index in [0.717, 1.165) is 6.07 Å². The summed E-state index contributed by atoms with van der Waals surface area (Å²) in [5.74, 6) is 0.0244. The molecule has 192 valence electrons. The van der Waals surface area contributed by atoms with Gasteiger partial charge in [-0.25, -0.2) is 4.98 Å². The Morgan fingerprint density at radius 1 is 1.22 bits per heavy atom. The zero-order valence-electron chi connectivity index (χ0n) is 20.2. The van der Waals surface area contributed by atoms with E-state index in [1.165, 1.54) is 26.0 Å². The summed E-state index contributed by atoms with van der Waals surface area (Å²) >= 11 is 6.42. The maximum atomic E-state index is 13.9. The number of rotatable bonds is 4. The predicted molar refractivity (Wildman–Crippen MR) is 132 cm³/mol. The number of alkyl halides is 3. The van der Waals surface area contributed by atoms with Gasteiger partial charge in [0.1, 0.15) is 5.82 Å². The molecule has 3 aromatic rings. The summed E-state index contributed by atoms with van der Waals surface area (Å²) in [5.41, 5.74) is -0.855. The molecule has 11 heteroatoms. The first-order chi connectivity index (χ1) is 16.8. The molecule has 1 saturated heterocycles. The minimum Gasteiger partial charge on any atom is -0.377 e. The number of nitrogens with one attached hydrogen (secondary N) is 2. The molecular formula is C25H26ClF3N4O3. The summed E-state index contributed by atoms with van der Waals surface area (Å²) in [4.78, 5) is 33.6. The minimum atomic E-state index is -4.66. The number of amides is 1. The molecule has 2 aromatic carbocycles. The van der Waals surface area contributed by atoms with Crippen molar-refractivity contribution in [2.45, 2.75) is 52.1 Å². The monoisotopic (exact) mass is 522 g/mol. The second-order valence-electron chi connectivity index (χ2n) is 9.13. The van der Waals surface area contributed by atoms with Crippen molar-refractivity contribution in [3.63, 3.8) is 0 Å². The third kappa shape index (κ3) is 5.34. The first-order valence-corrected chi connectivity index (χ1v) is 11.8. The van der Waals surface area contributed by atoms with Crippen molar-refractivity contribution in [2.24, 2.45) is 0 Å². The van der Waals surface area contributed by atoms with E-state index >= 15 is 0 Å². The van der Waals surface area contributed by atoms with E-state index in [-0.39, 0.29) is 45.4 Å². The number of hydrogen-bond donors (Lipinski definition) is 2. The first kappa shape index (κ1) is 26.0. The highest BCUT2D eigenvalue weighted by Crippen LogP contribution is 2.38. The van der Waals surface area contributed by atoms with Crippen molar-refractivity contribution in [1.29, 1.82) is 0 Å². The number of benzene rings is 2. The van der Waals surface area contributed by atoms with Crippen LogP contribution >= 0.6 is 11.6 Å². The van der Waals surface area contributed by atoms with Crippen LogP contribution in [0.3, 0.4) is 0 Å². The quantitative estimate of drug-likeness (QED) is 0.484. The van der Waals surface area contributed by atoms with Crippen LogP contribution in [-0.4, -0.2) is 46.1 Å². The average Bonchev–Trinajstić information content (AvgIpc) is 2.77. The zero-order valence-corrected chi connectivity index (χ0v) is 20.9. The normalized spacial score (nSPS) is 19.4. The highest BCUT2D eigenvalue weighted by Gasteiger charge is 2.35. The van der Waals surface area contributed by atoms with Gasteiger partial charge in [-0.05, 0) is 63.6 Å². The van der Waals surface area contributed by atoms with Gasteiger partial charge in [-0.15, -0.1) is 0 Å². The van der Waals surface area contributed by atoms with E-state index in [2.05, 4.69) is 15.3 Å². The summed E-state index contributed by atoms with van der Waals surface area (Å²) < 4.78 is 47.4. The summed E-state index contributed by atoms with van der Waals surface area (Å²) in [7, 11) is 0. The number of anilines is 1. The molecule has 4 rings (SSSR count). The molecule has 36 heavy (non-hydrogen) atoms. The van der Waals surface area contributed by atoms with Crippen molar-refractivity contribution in [1.82, 2.24) is 14.9 Å². The van der Waals surface area contributed by atoms with Crippen molar-refractivity contribution >= 4 is 34.1 Å². The zero-order chi connectivity index (χ0) is 26.4. The molecule has 0 radical (unpaired) electrons. The molecule has 3 atom stereocenters. The predicted octanol–water partition coefficient (Wildman–Crippen LogP) is 5.33. The van der Waals surface area contributed by atoms with Gasteiger partial charge in [-0.3, -0.25) is 9.59 Å². The molecule has 7 nitrogen and oxygen atoms in total. The number of aromatic amines is 1. The van der Waals surface area contributed by atoms with Crippen molar-refractivity contribution in [3.8, 4) is 0 Å². The van der Waals surface area contributed by atoms with Crippen LogP contribution in [0.1, 0.15) is 54.1 Å². The fraction of sp³-hybridized carbons (Fsp3) is 0.400. The van der Waals surface area contributed by atoms with E-state index in [0.29, 0.717) is 24.3 Å². The highest BCUT2D eigenvalue weighted by molar-refractivity contribution is 6.33. The lowest BCUT2D eigenvalue weighted by Crippen LogP contribution is -2.48. The van der Waals surface area contributed by atoms with E-state index in [4.69, 9.17) is 16.3 Å². The fourth-order valence-corrected chi connectivity index (χ4v) is 4.76. The standard InChI is InChI=1S/C25H26ClF3N4O3/c1-12-10-33(11-13(2)36-12)24(35)16-5-6-21(20(26)7-16)30-14(3)17-8-18-22(9-19(17)25(27,28)29)31-15(4)32-23(18)34/h5-9,12-14,30H,10-11H2,1-4H3,(H,31,32,34)/t12-,13+,14-/m0/s1. The largest absolute Gasteiger partial charge is 0.416 e. The van der Waals surface area contributed by atoms with Gasteiger partial charge in [0.15, 0.2) is 0 Å². The molecule has 1 amide bonds. The third-order valence-electron chi connectivity index (χ3n) is 6.06. The van der Waals surface area contributed by atoms with Crippen LogP contribution in [0.25, 0.3) is 10.9 Å². The number of nitrogens with zero attached hydrogens (tertiary/aromatic N) is 2. The second-order valence-corrected chi connectivity index (χ2v) is 9.54. The van der Waals surface area contributed by atoms with Crippen molar-refractivity contribution in [3.05, 3.63) is 68.2 Å². The molecular weight excluding hydrogens is 497 g/mol. The number of fused-ring (bicyclic) bond motifs is 1. The van der Waals surface area contributed by atoms with Crippen LogP contribution in [0.2, 0.25) is 5.02 Å². The first-order valence-electron chi connectivity index (χ1n) is 11.5. The third-order valence-corrected chi connectivity index (χ3v) is 6.37. The Kier molecular flexibility index (Phi) is 7.03. The topological polar surface area (TPSA) is 87.3 Å². The van der Waals surface area contributed by atoms with Gasteiger partial charge < -0.3 is 19.9 Å². The maximum Gasteiger partial charge on any atom is 0.416 e. The molecule has 1 fully saturated rings. The number of hydrogen-bond acceptors (Lipinski definition) is 5. The van der Waals surface area contributed by atoms with E-state index in [1.54, 1.807) is 17.0 Å². The Hall–Kier alpha value is -3.11. The number of halogens is 4. The van der Waals surface area contributed by atoms with Crippen LogP contribution in [0.15, 0.2) is 35.1 Å². The Morgan fingerprint density at radius 2 is 1.89 bits per heavy atom. The Morgan fingerprint density at radius 3 is 2.50 bits per heavy atom. The number of aromatic nitrogens is 2. The number of morpholine rings is 1. The smallest absolute Gasteiger partial charge is 0.377 e. The Labute approximate surface area is 210 Å². The molecule has 2 N–H and O–H groups in total. The average molecular weight is 523 g/mol. The van der Waals surface area contributed by atoms with Gasteiger partial charge in [-0.1, -0.05) is 11.6 Å². The lowest BCUT2D eigenvalue weighted by Gasteiger charge is -2.35. The van der Waals surface area contributed by atoms with Crippen molar-refractivity contribution in [2.75, 3.05) is 18.4 Å². The SMILES string of the molecule is Cc1nc2cc(C(F)(F)F)c([C@H](C)Nc3ccc(C(=O)N4C[C@@H](C)O[C@@H](C)C4)cc3Cl)cc2c(=O)[nH]1. The molecule has 1 aromatic heterocycles. The highest BCUT2D eigenvalue weighted by atomic mass is 35.5. The number of aryl methyl sites for hydroxylation is 1. The molecule has 0 saturated carbocycles. The van der Waals surface area contributed by atoms with E-state index in [1.807, 2.05) is 13.8 Å². The Bertz CT molecular complexity index is 1370. The number of ether oxygens (including phenoxy) is 1. The van der Waals surface area contributed by atoms with Gasteiger partial charge >= 0.3 is 6.18 Å². The van der Waals surface area contributed by atoms with Gasteiger partial charge in [0.25, 0.3) is 11.5 Å². The minimum absolute atomic E-state index is 0.0350. The van der Waals surface area contributed by atoms with Crippen LogP contribution in [0, 0.1) is 6.92 Å². The van der Waals surface area contributed by atoms with E-state index < -0.39 is 23.3 Å². The summed E-state index contributed by atoms with van der Waals surface area (Å²) in [5, 5.41) is 3.23. The lowest BCUT2D eigenvalue weighted by molar-refractivity contribution is -0.138. The van der Waals surface area contributed by atoms with Gasteiger partial charge in [0, 0.05) is 24.7 Å². The fourth-order valence-electron chi connectivity index (χ4n) is 4.53. The summed E-state index contributed by atoms with van der Waals surface area (Å²) in [6, 6.07) is 5.85. The van der Waals surface area contributed by atoms with Gasteiger partial charge in [-0.2, -0.15) is 13.2 Å². The molecule has 0 aliphatic carbocycles. The number of H-pyrrole nitrogens is 1.